The Balaban J connectivity index is 2.27. The van der Waals surface area contributed by atoms with Crippen LogP contribution in [0.4, 0.5) is 0 Å². The molecule has 0 saturated heterocycles. The van der Waals surface area contributed by atoms with Gasteiger partial charge in [-0.15, -0.1) is 0 Å². The second kappa shape index (κ2) is 2.98. The van der Waals surface area contributed by atoms with E-state index < -0.39 is 0 Å². The van der Waals surface area contributed by atoms with E-state index >= 15 is 0 Å². The second-order valence-electron chi connectivity index (χ2n) is 3.89. The number of hydrogen-bond acceptors (Lipinski definition) is 2. The fourth-order valence-electron chi connectivity index (χ4n) is 1.45. The lowest BCUT2D eigenvalue weighted by molar-refractivity contribution is 0.0951. The third kappa shape index (κ3) is 1.50. The van der Waals surface area contributed by atoms with Crippen LogP contribution in [0.3, 0.4) is 0 Å². The van der Waals surface area contributed by atoms with Crippen LogP contribution in [0.5, 0.6) is 0 Å². The molecule has 1 aliphatic carbocycles. The highest BCUT2D eigenvalue weighted by atomic mass is 16.1. The zero-order chi connectivity index (χ0) is 9.42. The largest absolute Gasteiger partial charge is 0.326 e. The second-order valence-corrected chi connectivity index (χ2v) is 3.89. The van der Waals surface area contributed by atoms with E-state index in [0.717, 1.165) is 12.8 Å². The van der Waals surface area contributed by atoms with Crippen LogP contribution in [-0.4, -0.2) is 15.3 Å². The van der Waals surface area contributed by atoms with Crippen LogP contribution in [0.15, 0.2) is 12.4 Å². The van der Waals surface area contributed by atoms with E-state index in [1.807, 2.05) is 10.8 Å². The maximum absolute atomic E-state index is 11.7. The van der Waals surface area contributed by atoms with Gasteiger partial charge in [0.1, 0.15) is 0 Å². The lowest BCUT2D eigenvalue weighted by Gasteiger charge is -2.09. The van der Waals surface area contributed by atoms with Gasteiger partial charge in [0.15, 0.2) is 5.82 Å². The number of Topliss-reactive ketones (excluding diaryl/α,β-unsaturated/α-hetero) is 1. The number of hydrogen-bond donors (Lipinski definition) is 0. The normalized spacial score (nSPS) is 16.5. The van der Waals surface area contributed by atoms with Crippen LogP contribution in [0, 0.1) is 5.92 Å². The van der Waals surface area contributed by atoms with Crippen molar-refractivity contribution in [2.75, 3.05) is 0 Å². The zero-order valence-electron chi connectivity index (χ0n) is 8.03. The molecule has 13 heavy (non-hydrogen) atoms. The van der Waals surface area contributed by atoms with Gasteiger partial charge in [0.25, 0.3) is 0 Å². The fourth-order valence-corrected chi connectivity index (χ4v) is 1.45. The molecule has 1 aliphatic rings. The molecular weight excluding hydrogens is 164 g/mol. The molecule has 1 aromatic rings. The van der Waals surface area contributed by atoms with Gasteiger partial charge in [-0.25, -0.2) is 4.98 Å². The molecule has 0 spiro atoms. The molecule has 1 fully saturated rings. The summed E-state index contributed by atoms with van der Waals surface area (Å²) in [6.07, 6.45) is 5.67. The van der Waals surface area contributed by atoms with Crippen LogP contribution in [0.2, 0.25) is 0 Å². The minimum atomic E-state index is 0.221. The highest BCUT2D eigenvalue weighted by Gasteiger charge is 2.33. The van der Waals surface area contributed by atoms with Crippen molar-refractivity contribution in [2.45, 2.75) is 32.7 Å². The van der Waals surface area contributed by atoms with Gasteiger partial charge in [-0.1, -0.05) is 0 Å². The molecular formula is C10H14N2O. The highest BCUT2D eigenvalue weighted by Crippen LogP contribution is 2.32. The maximum Gasteiger partial charge on any atom is 0.201 e. The Morgan fingerprint density at radius 1 is 1.62 bits per heavy atom. The Kier molecular flexibility index (Phi) is 1.94. The summed E-state index contributed by atoms with van der Waals surface area (Å²) in [6.45, 7) is 4.12. The van der Waals surface area contributed by atoms with Crippen molar-refractivity contribution in [3.8, 4) is 0 Å². The molecule has 1 heterocycles. The van der Waals surface area contributed by atoms with E-state index in [9.17, 15) is 4.79 Å². The summed E-state index contributed by atoms with van der Waals surface area (Å²) in [5.41, 5.74) is 0. The number of carbonyl (C=O) groups is 1. The summed E-state index contributed by atoms with van der Waals surface area (Å²) >= 11 is 0. The molecule has 0 bridgehead atoms. The molecule has 1 saturated carbocycles. The highest BCUT2D eigenvalue weighted by molar-refractivity contribution is 5.96. The van der Waals surface area contributed by atoms with Crippen molar-refractivity contribution in [1.82, 2.24) is 9.55 Å². The summed E-state index contributed by atoms with van der Waals surface area (Å²) in [5.74, 6) is 1.12. The number of nitrogens with zero attached hydrogens (tertiary/aromatic N) is 2. The number of imidazole rings is 1. The van der Waals surface area contributed by atoms with Crippen molar-refractivity contribution >= 4 is 5.78 Å². The van der Waals surface area contributed by atoms with Gasteiger partial charge >= 0.3 is 0 Å². The summed E-state index contributed by atoms with van der Waals surface area (Å²) in [5, 5.41) is 0. The molecule has 3 nitrogen and oxygen atoms in total. The lowest BCUT2D eigenvalue weighted by Crippen LogP contribution is -2.13. The Labute approximate surface area is 77.8 Å². The van der Waals surface area contributed by atoms with Crippen LogP contribution < -0.4 is 0 Å². The van der Waals surface area contributed by atoms with Gasteiger partial charge in [-0.05, 0) is 26.7 Å². The maximum atomic E-state index is 11.7. The van der Waals surface area contributed by atoms with Crippen LogP contribution in [-0.2, 0) is 0 Å². The minimum Gasteiger partial charge on any atom is -0.326 e. The molecule has 2 rings (SSSR count). The van der Waals surface area contributed by atoms with Crippen molar-refractivity contribution < 1.29 is 4.79 Å². The fraction of sp³-hybridized carbons (Fsp3) is 0.600. The van der Waals surface area contributed by atoms with Crippen LogP contribution >= 0.6 is 0 Å². The molecule has 0 aromatic carbocycles. The van der Waals surface area contributed by atoms with E-state index in [1.54, 1.807) is 6.20 Å². The number of aromatic nitrogens is 2. The van der Waals surface area contributed by atoms with Gasteiger partial charge in [-0.3, -0.25) is 4.79 Å². The van der Waals surface area contributed by atoms with E-state index in [4.69, 9.17) is 0 Å². The lowest BCUT2D eigenvalue weighted by atomic mass is 10.2. The quantitative estimate of drug-likeness (QED) is 0.664. The van der Waals surface area contributed by atoms with Gasteiger partial charge in [0.2, 0.25) is 5.78 Å². The van der Waals surface area contributed by atoms with E-state index in [2.05, 4.69) is 18.8 Å². The first kappa shape index (κ1) is 8.48. The smallest absolute Gasteiger partial charge is 0.201 e. The molecule has 0 N–H and O–H groups in total. The summed E-state index contributed by atoms with van der Waals surface area (Å²) in [7, 11) is 0. The summed E-state index contributed by atoms with van der Waals surface area (Å²) in [6, 6.07) is 0.320. The Morgan fingerprint density at radius 2 is 2.31 bits per heavy atom. The first-order chi connectivity index (χ1) is 6.20. The van der Waals surface area contributed by atoms with Crippen molar-refractivity contribution in [1.29, 1.82) is 0 Å². The molecule has 0 aliphatic heterocycles. The topological polar surface area (TPSA) is 34.9 Å². The molecule has 0 atom stereocenters. The third-order valence-corrected chi connectivity index (χ3v) is 2.39. The number of ketones is 1. The van der Waals surface area contributed by atoms with Crippen molar-refractivity contribution in [3.63, 3.8) is 0 Å². The predicted molar refractivity (Wildman–Crippen MR) is 49.7 cm³/mol. The summed E-state index contributed by atoms with van der Waals surface area (Å²) < 4.78 is 1.95. The van der Waals surface area contributed by atoms with Gasteiger partial charge in [-0.2, -0.15) is 0 Å². The minimum absolute atomic E-state index is 0.221. The summed E-state index contributed by atoms with van der Waals surface area (Å²) in [4.78, 5) is 15.8. The van der Waals surface area contributed by atoms with Gasteiger partial charge in [0, 0.05) is 24.4 Å². The average molecular weight is 178 g/mol. The van der Waals surface area contributed by atoms with E-state index in [1.165, 1.54) is 0 Å². The van der Waals surface area contributed by atoms with Crippen LogP contribution in [0.25, 0.3) is 0 Å². The molecule has 0 radical (unpaired) electrons. The molecule has 3 heteroatoms. The van der Waals surface area contributed by atoms with Crippen molar-refractivity contribution in [3.05, 3.63) is 18.2 Å². The Bertz CT molecular complexity index is 323. The van der Waals surface area contributed by atoms with Crippen LogP contribution in [0.1, 0.15) is 43.3 Å². The van der Waals surface area contributed by atoms with Crippen molar-refractivity contribution in [2.24, 2.45) is 5.92 Å². The molecule has 0 unspecified atom stereocenters. The standard InChI is InChI=1S/C10H14N2O/c1-7(2)12-6-5-11-10(12)9(13)8-3-4-8/h5-8H,3-4H2,1-2H3. The number of rotatable bonds is 3. The third-order valence-electron chi connectivity index (χ3n) is 2.39. The first-order valence-corrected chi connectivity index (χ1v) is 4.77. The van der Waals surface area contributed by atoms with E-state index in [-0.39, 0.29) is 11.7 Å². The van der Waals surface area contributed by atoms with Gasteiger partial charge < -0.3 is 4.57 Å². The molecule has 0 amide bonds. The average Bonchev–Trinajstić information content (AvgIpc) is 2.80. The predicted octanol–water partition coefficient (Wildman–Crippen LogP) is 2.06. The SMILES string of the molecule is CC(C)n1ccnc1C(=O)C1CC1. The Morgan fingerprint density at radius 3 is 2.85 bits per heavy atom. The Hall–Kier alpha value is -1.12. The monoisotopic (exact) mass is 178 g/mol. The zero-order valence-corrected chi connectivity index (χ0v) is 8.03. The first-order valence-electron chi connectivity index (χ1n) is 4.77. The number of carbonyl (C=O) groups excluding carboxylic acids is 1. The molecule has 70 valence electrons. The van der Waals surface area contributed by atoms with E-state index in [0.29, 0.717) is 11.9 Å². The van der Waals surface area contributed by atoms with Gasteiger partial charge in [0.05, 0.1) is 0 Å². The molecule has 1 aromatic heterocycles.